The second kappa shape index (κ2) is 6.95. The number of hydrogen-bond acceptors (Lipinski definition) is 3. The first-order chi connectivity index (χ1) is 10.0. The van der Waals surface area contributed by atoms with Crippen molar-refractivity contribution < 1.29 is 19.0 Å². The molecule has 0 heterocycles. The average Bonchev–Trinajstić information content (AvgIpc) is 2.47. The van der Waals surface area contributed by atoms with Gasteiger partial charge in [-0.2, -0.15) is 0 Å². The normalized spacial score (nSPS) is 10.4. The predicted octanol–water partition coefficient (Wildman–Crippen LogP) is 4.59. The maximum atomic E-state index is 13.7. The van der Waals surface area contributed by atoms with Crippen molar-refractivity contribution in [1.29, 1.82) is 0 Å². The molecule has 0 aliphatic carbocycles. The van der Waals surface area contributed by atoms with E-state index in [1.54, 1.807) is 7.11 Å². The molecule has 2 rings (SSSR count). The van der Waals surface area contributed by atoms with Crippen LogP contribution in [0.15, 0.2) is 45.8 Å². The van der Waals surface area contributed by atoms with E-state index >= 15 is 0 Å². The molecular weight excluding hydrogens is 359 g/mol. The van der Waals surface area contributed by atoms with E-state index in [0.29, 0.717) is 16.4 Å². The molecule has 0 aliphatic heterocycles. The zero-order valence-corrected chi connectivity index (χ0v) is 13.5. The molecule has 0 atom stereocenters. The smallest absolute Gasteiger partial charge is 0.335 e. The minimum atomic E-state index is -1.07. The number of aromatic carboxylic acids is 1. The van der Waals surface area contributed by atoms with E-state index in [2.05, 4.69) is 15.9 Å². The van der Waals surface area contributed by atoms with Crippen molar-refractivity contribution in [3.63, 3.8) is 0 Å². The number of thioether (sulfide) groups is 1. The second-order valence-corrected chi connectivity index (χ2v) is 6.07. The van der Waals surface area contributed by atoms with Crippen LogP contribution >= 0.6 is 27.7 Å². The van der Waals surface area contributed by atoms with E-state index in [9.17, 15) is 9.18 Å². The summed E-state index contributed by atoms with van der Waals surface area (Å²) in [4.78, 5) is 11.2. The highest BCUT2D eigenvalue weighted by molar-refractivity contribution is 9.10. The Kier molecular flexibility index (Phi) is 5.25. The molecule has 0 saturated heterocycles. The van der Waals surface area contributed by atoms with Gasteiger partial charge in [-0.05, 0) is 42.0 Å². The van der Waals surface area contributed by atoms with Crippen molar-refractivity contribution in [3.8, 4) is 5.75 Å². The molecule has 0 aliphatic rings. The molecule has 0 radical (unpaired) electrons. The number of benzene rings is 2. The number of methoxy groups -OCH3 is 1. The number of halogens is 2. The van der Waals surface area contributed by atoms with Crippen LogP contribution in [0.3, 0.4) is 0 Å². The van der Waals surface area contributed by atoms with Gasteiger partial charge in [0.1, 0.15) is 11.6 Å². The van der Waals surface area contributed by atoms with Crippen LogP contribution in [0.2, 0.25) is 0 Å². The van der Waals surface area contributed by atoms with Crippen LogP contribution in [0.4, 0.5) is 4.39 Å². The molecule has 0 bridgehead atoms. The van der Waals surface area contributed by atoms with E-state index in [1.165, 1.54) is 30.0 Å². The lowest BCUT2D eigenvalue weighted by molar-refractivity contribution is 0.0696. The summed E-state index contributed by atoms with van der Waals surface area (Å²) in [5.41, 5.74) is 1.02. The molecule has 0 spiro atoms. The molecule has 0 amide bonds. The fraction of sp³-hybridized carbons (Fsp3) is 0.133. The summed E-state index contributed by atoms with van der Waals surface area (Å²) in [7, 11) is 1.58. The van der Waals surface area contributed by atoms with Crippen LogP contribution in [0.1, 0.15) is 15.9 Å². The van der Waals surface area contributed by atoms with Gasteiger partial charge in [0.15, 0.2) is 0 Å². The van der Waals surface area contributed by atoms with Crippen molar-refractivity contribution in [1.82, 2.24) is 0 Å². The number of hydrogen-bond donors (Lipinski definition) is 1. The van der Waals surface area contributed by atoms with Crippen molar-refractivity contribution in [3.05, 3.63) is 57.8 Å². The summed E-state index contributed by atoms with van der Waals surface area (Å²) in [6, 6.07) is 9.31. The Morgan fingerprint density at radius 3 is 2.76 bits per heavy atom. The number of ether oxygens (including phenoxy) is 1. The molecule has 1 N–H and O–H groups in total. The summed E-state index contributed by atoms with van der Waals surface area (Å²) in [6.07, 6.45) is 0. The average molecular weight is 371 g/mol. The zero-order chi connectivity index (χ0) is 15.4. The molecule has 0 aromatic heterocycles. The van der Waals surface area contributed by atoms with Crippen molar-refractivity contribution in [2.24, 2.45) is 0 Å². The Morgan fingerprint density at radius 1 is 1.33 bits per heavy atom. The van der Waals surface area contributed by atoms with Gasteiger partial charge in [0.2, 0.25) is 0 Å². The molecule has 0 unspecified atom stereocenters. The van der Waals surface area contributed by atoms with Gasteiger partial charge in [-0.25, -0.2) is 9.18 Å². The quantitative estimate of drug-likeness (QED) is 0.782. The van der Waals surface area contributed by atoms with E-state index < -0.39 is 11.8 Å². The largest absolute Gasteiger partial charge is 0.497 e. The van der Waals surface area contributed by atoms with Crippen molar-refractivity contribution >= 4 is 33.7 Å². The van der Waals surface area contributed by atoms with Crippen LogP contribution in [0, 0.1) is 5.82 Å². The summed E-state index contributed by atoms with van der Waals surface area (Å²) < 4.78 is 19.8. The fourth-order valence-corrected chi connectivity index (χ4v) is 3.23. The van der Waals surface area contributed by atoms with Crippen LogP contribution in [0.25, 0.3) is 0 Å². The Balaban J connectivity index is 2.20. The van der Waals surface area contributed by atoms with E-state index in [1.807, 2.05) is 18.2 Å². The van der Waals surface area contributed by atoms with Gasteiger partial charge in [-0.15, -0.1) is 11.8 Å². The van der Waals surface area contributed by atoms with E-state index in [0.717, 1.165) is 10.0 Å². The third-order valence-electron chi connectivity index (χ3n) is 2.81. The first-order valence-electron chi connectivity index (χ1n) is 5.99. The third kappa shape index (κ3) is 3.98. The fourth-order valence-electron chi connectivity index (χ4n) is 1.69. The number of carboxylic acid groups (broad SMARTS) is 1. The van der Waals surface area contributed by atoms with Gasteiger partial charge in [-0.3, -0.25) is 0 Å². The molecule has 110 valence electrons. The minimum Gasteiger partial charge on any atom is -0.497 e. The Morgan fingerprint density at radius 2 is 2.10 bits per heavy atom. The molecule has 0 fully saturated rings. The van der Waals surface area contributed by atoms with Gasteiger partial charge >= 0.3 is 5.97 Å². The highest BCUT2D eigenvalue weighted by Gasteiger charge is 2.10. The van der Waals surface area contributed by atoms with Crippen LogP contribution in [-0.2, 0) is 5.75 Å². The first-order valence-corrected chi connectivity index (χ1v) is 7.77. The van der Waals surface area contributed by atoms with Gasteiger partial charge < -0.3 is 9.84 Å². The number of carbonyl (C=O) groups is 1. The minimum absolute atomic E-state index is 0.0728. The van der Waals surface area contributed by atoms with Crippen LogP contribution < -0.4 is 4.74 Å². The molecule has 3 nitrogen and oxygen atoms in total. The lowest BCUT2D eigenvalue weighted by Gasteiger charge is -2.08. The topological polar surface area (TPSA) is 46.5 Å². The van der Waals surface area contributed by atoms with Crippen LogP contribution in [-0.4, -0.2) is 18.2 Å². The summed E-state index contributed by atoms with van der Waals surface area (Å²) in [5, 5.41) is 8.94. The van der Waals surface area contributed by atoms with Gasteiger partial charge in [0.25, 0.3) is 0 Å². The maximum absolute atomic E-state index is 13.7. The Hall–Kier alpha value is -1.53. The molecule has 6 heteroatoms. The second-order valence-electron chi connectivity index (χ2n) is 4.20. The number of carboxylic acids is 1. The van der Waals surface area contributed by atoms with Crippen LogP contribution in [0.5, 0.6) is 5.75 Å². The molecule has 21 heavy (non-hydrogen) atoms. The van der Waals surface area contributed by atoms with Gasteiger partial charge in [0, 0.05) is 15.1 Å². The lowest BCUT2D eigenvalue weighted by Crippen LogP contribution is -1.97. The molecular formula is C15H12BrFO3S. The standard InChI is InChI=1S/C15H12BrFO3S/c1-20-11-3-4-12(16)10(6-11)8-21-14-7-9(15(18)19)2-5-13(14)17/h2-7H,8H2,1H3,(H,18,19). The summed E-state index contributed by atoms with van der Waals surface area (Å²) in [5.74, 6) is -0.283. The van der Waals surface area contributed by atoms with E-state index in [4.69, 9.17) is 9.84 Å². The molecule has 0 saturated carbocycles. The summed E-state index contributed by atoms with van der Waals surface area (Å²) >= 11 is 4.67. The third-order valence-corrected chi connectivity index (χ3v) is 4.67. The first kappa shape index (κ1) is 15.9. The van der Waals surface area contributed by atoms with E-state index in [-0.39, 0.29) is 5.56 Å². The SMILES string of the molecule is COc1ccc(Br)c(CSc2cc(C(=O)O)ccc2F)c1. The van der Waals surface area contributed by atoms with Gasteiger partial charge in [0.05, 0.1) is 12.7 Å². The monoisotopic (exact) mass is 370 g/mol. The Bertz CT molecular complexity index is 676. The molecule has 2 aromatic carbocycles. The Labute approximate surface area is 134 Å². The highest BCUT2D eigenvalue weighted by atomic mass is 79.9. The van der Waals surface area contributed by atoms with Crippen molar-refractivity contribution in [2.45, 2.75) is 10.6 Å². The van der Waals surface area contributed by atoms with Gasteiger partial charge in [-0.1, -0.05) is 15.9 Å². The highest BCUT2D eigenvalue weighted by Crippen LogP contribution is 2.31. The van der Waals surface area contributed by atoms with Crippen molar-refractivity contribution in [2.75, 3.05) is 7.11 Å². The lowest BCUT2D eigenvalue weighted by atomic mass is 10.2. The molecule has 2 aromatic rings. The summed E-state index contributed by atoms with van der Waals surface area (Å²) in [6.45, 7) is 0. The number of rotatable bonds is 5. The predicted molar refractivity (Wildman–Crippen MR) is 83.6 cm³/mol. The maximum Gasteiger partial charge on any atom is 0.335 e. The zero-order valence-electron chi connectivity index (χ0n) is 11.1.